The van der Waals surface area contributed by atoms with Gasteiger partial charge in [0.05, 0.1) is 24.3 Å². The van der Waals surface area contributed by atoms with Crippen LogP contribution in [0.1, 0.15) is 0 Å². The molecule has 0 spiro atoms. The van der Waals surface area contributed by atoms with Crippen LogP contribution in [0.3, 0.4) is 0 Å². The van der Waals surface area contributed by atoms with Crippen LogP contribution < -0.4 is 10.2 Å². The van der Waals surface area contributed by atoms with Crippen LogP contribution in [0.2, 0.25) is 0 Å². The van der Waals surface area contributed by atoms with Crippen LogP contribution in [0.4, 0.5) is 10.2 Å². The first-order chi connectivity index (χ1) is 13.8. The van der Waals surface area contributed by atoms with Crippen molar-refractivity contribution in [2.45, 2.75) is 0 Å². The molecule has 0 bridgehead atoms. The topological polar surface area (TPSA) is 71.2 Å². The van der Waals surface area contributed by atoms with Gasteiger partial charge in [0.1, 0.15) is 11.6 Å². The molecule has 0 amide bonds. The molecule has 0 atom stereocenters. The lowest BCUT2D eigenvalue weighted by molar-refractivity contribution is 0.582. The summed E-state index contributed by atoms with van der Waals surface area (Å²) in [7, 11) is 0. The average molecular weight is 375 g/mol. The Morgan fingerprint density at radius 1 is 0.929 bits per heavy atom. The van der Waals surface area contributed by atoms with Gasteiger partial charge < -0.3 is 10.2 Å². The number of aromatic nitrogens is 5. The van der Waals surface area contributed by atoms with Gasteiger partial charge in [0, 0.05) is 37.3 Å². The highest BCUT2D eigenvalue weighted by Crippen LogP contribution is 2.30. The van der Waals surface area contributed by atoms with E-state index in [1.54, 1.807) is 30.7 Å². The van der Waals surface area contributed by atoms with E-state index in [-0.39, 0.29) is 5.82 Å². The number of nitrogens with one attached hydrogen (secondary N) is 1. The second-order valence-electron chi connectivity index (χ2n) is 6.67. The Balaban J connectivity index is 1.73. The summed E-state index contributed by atoms with van der Waals surface area (Å²) in [5.74, 6) is 0.609. The van der Waals surface area contributed by atoms with Gasteiger partial charge in [-0.3, -0.25) is 0 Å². The maximum Gasteiger partial charge on any atom is 0.162 e. The molecule has 1 N–H and O–H groups in total. The summed E-state index contributed by atoms with van der Waals surface area (Å²) in [5.41, 5.74) is 4.26. The Kier molecular flexibility index (Phi) is 4.17. The third kappa shape index (κ3) is 2.97. The zero-order valence-corrected chi connectivity index (χ0v) is 15.1. The normalized spacial score (nSPS) is 14.5. The van der Waals surface area contributed by atoms with E-state index in [1.807, 2.05) is 16.6 Å². The van der Waals surface area contributed by atoms with E-state index in [0.29, 0.717) is 0 Å². The Morgan fingerprint density at radius 2 is 1.75 bits per heavy atom. The van der Waals surface area contributed by atoms with Gasteiger partial charge in [-0.1, -0.05) is 12.1 Å². The lowest BCUT2D eigenvalue weighted by Crippen LogP contribution is -2.44. The molecule has 140 valence electrons. The van der Waals surface area contributed by atoms with Gasteiger partial charge in [-0.15, -0.1) is 5.10 Å². The fraction of sp³-hybridized carbons (Fsp3) is 0.200. The van der Waals surface area contributed by atoms with Gasteiger partial charge in [-0.2, -0.15) is 10.2 Å². The van der Waals surface area contributed by atoms with E-state index in [1.165, 1.54) is 12.1 Å². The highest BCUT2D eigenvalue weighted by molar-refractivity contribution is 5.81. The largest absolute Gasteiger partial charge is 0.353 e. The summed E-state index contributed by atoms with van der Waals surface area (Å²) in [5, 5.41) is 16.0. The van der Waals surface area contributed by atoms with Crippen molar-refractivity contribution < 1.29 is 4.39 Å². The molecule has 4 heterocycles. The van der Waals surface area contributed by atoms with Crippen LogP contribution in [-0.4, -0.2) is 51.0 Å². The molecule has 1 aromatic carbocycles. The van der Waals surface area contributed by atoms with Crippen molar-refractivity contribution in [1.82, 2.24) is 30.1 Å². The molecule has 0 saturated carbocycles. The molecule has 0 unspecified atom stereocenters. The van der Waals surface area contributed by atoms with E-state index < -0.39 is 0 Å². The van der Waals surface area contributed by atoms with E-state index in [0.717, 1.165) is 60.0 Å². The van der Waals surface area contributed by atoms with Crippen LogP contribution in [-0.2, 0) is 0 Å². The third-order valence-corrected chi connectivity index (χ3v) is 4.93. The van der Waals surface area contributed by atoms with Gasteiger partial charge in [0.25, 0.3) is 0 Å². The molecule has 1 fully saturated rings. The van der Waals surface area contributed by atoms with Crippen LogP contribution in [0.25, 0.3) is 28.0 Å². The van der Waals surface area contributed by atoms with Crippen molar-refractivity contribution in [1.29, 1.82) is 0 Å². The minimum absolute atomic E-state index is 0.261. The zero-order valence-electron chi connectivity index (χ0n) is 15.1. The fourth-order valence-electron chi connectivity index (χ4n) is 3.48. The first-order valence-electron chi connectivity index (χ1n) is 9.17. The van der Waals surface area contributed by atoms with Crippen molar-refractivity contribution in [3.05, 3.63) is 60.8 Å². The second kappa shape index (κ2) is 6.97. The number of anilines is 1. The Labute approximate surface area is 160 Å². The van der Waals surface area contributed by atoms with Crippen molar-refractivity contribution in [2.24, 2.45) is 0 Å². The molecular weight excluding hydrogens is 357 g/mol. The molecule has 4 aromatic rings. The van der Waals surface area contributed by atoms with E-state index in [4.69, 9.17) is 5.10 Å². The highest BCUT2D eigenvalue weighted by atomic mass is 19.1. The summed E-state index contributed by atoms with van der Waals surface area (Å²) in [6.07, 6.45) is 5.13. The van der Waals surface area contributed by atoms with Crippen LogP contribution in [0, 0.1) is 5.82 Å². The number of piperazine rings is 1. The van der Waals surface area contributed by atoms with Crippen molar-refractivity contribution in [2.75, 3.05) is 31.1 Å². The predicted molar refractivity (Wildman–Crippen MR) is 104 cm³/mol. The Hall–Kier alpha value is -3.39. The Morgan fingerprint density at radius 3 is 2.50 bits per heavy atom. The summed E-state index contributed by atoms with van der Waals surface area (Å²) in [6, 6.07) is 10.4. The first kappa shape index (κ1) is 16.8. The molecule has 1 aliphatic rings. The monoisotopic (exact) mass is 375 g/mol. The smallest absolute Gasteiger partial charge is 0.162 e. The maximum absolute atomic E-state index is 13.5. The summed E-state index contributed by atoms with van der Waals surface area (Å²) in [4.78, 5) is 6.86. The number of nitrogens with zero attached hydrogens (tertiary/aromatic N) is 6. The number of hydrogen-bond acceptors (Lipinski definition) is 6. The molecular formula is C20H18FN7. The van der Waals surface area contributed by atoms with Gasteiger partial charge >= 0.3 is 0 Å². The molecule has 0 aliphatic carbocycles. The number of fused-ring (bicyclic) bond motifs is 1. The summed E-state index contributed by atoms with van der Waals surface area (Å²) < 4.78 is 15.3. The highest BCUT2D eigenvalue weighted by Gasteiger charge is 2.18. The van der Waals surface area contributed by atoms with Gasteiger partial charge in [-0.05, 0) is 29.8 Å². The zero-order chi connectivity index (χ0) is 18.9. The lowest BCUT2D eigenvalue weighted by atomic mass is 10.1. The van der Waals surface area contributed by atoms with Crippen molar-refractivity contribution >= 4 is 11.5 Å². The van der Waals surface area contributed by atoms with E-state index in [9.17, 15) is 4.39 Å². The number of hydrogen-bond donors (Lipinski definition) is 1. The molecule has 8 heteroatoms. The molecule has 7 nitrogen and oxygen atoms in total. The maximum atomic E-state index is 13.5. The molecule has 1 aliphatic heterocycles. The van der Waals surface area contributed by atoms with Crippen LogP contribution in [0.5, 0.6) is 0 Å². The number of halogens is 1. The lowest BCUT2D eigenvalue weighted by Gasteiger charge is -2.28. The number of imidazole rings is 1. The number of benzene rings is 1. The number of rotatable bonds is 3. The van der Waals surface area contributed by atoms with E-state index >= 15 is 0 Å². The molecule has 0 radical (unpaired) electrons. The molecule has 5 rings (SSSR count). The molecule has 1 saturated heterocycles. The fourth-order valence-corrected chi connectivity index (χ4v) is 3.48. The van der Waals surface area contributed by atoms with Gasteiger partial charge in [0.2, 0.25) is 0 Å². The third-order valence-electron chi connectivity index (χ3n) is 4.93. The summed E-state index contributed by atoms with van der Waals surface area (Å²) >= 11 is 0. The molecule has 28 heavy (non-hydrogen) atoms. The average Bonchev–Trinajstić information content (AvgIpc) is 3.19. The van der Waals surface area contributed by atoms with E-state index in [2.05, 4.69) is 25.4 Å². The second-order valence-corrected chi connectivity index (χ2v) is 6.67. The summed E-state index contributed by atoms with van der Waals surface area (Å²) in [6.45, 7) is 3.58. The van der Waals surface area contributed by atoms with Gasteiger partial charge in [-0.25, -0.2) is 13.9 Å². The SMILES string of the molecule is Fc1ccc(-c2cc(N3CCNCC3)nn3c(-c4ccnnc4)cnc23)cc1. The van der Waals surface area contributed by atoms with Crippen molar-refractivity contribution in [3.8, 4) is 22.4 Å². The Bertz CT molecular complexity index is 1100. The predicted octanol–water partition coefficient (Wildman–Crippen LogP) is 2.40. The minimum atomic E-state index is -0.261. The minimum Gasteiger partial charge on any atom is -0.353 e. The van der Waals surface area contributed by atoms with Crippen LogP contribution in [0.15, 0.2) is 55.0 Å². The van der Waals surface area contributed by atoms with Gasteiger partial charge in [0.15, 0.2) is 5.65 Å². The quantitative estimate of drug-likeness (QED) is 0.593. The standard InChI is InChI=1S/C20H18FN7/c21-16-3-1-14(2-4-16)17-11-19(27-9-7-22-8-10-27)26-28-18(13-23-20(17)28)15-5-6-24-25-12-15/h1-6,11-13,22H,7-10H2. The van der Waals surface area contributed by atoms with Crippen molar-refractivity contribution in [3.63, 3.8) is 0 Å². The first-order valence-corrected chi connectivity index (χ1v) is 9.17. The molecule has 3 aromatic heterocycles. The van der Waals surface area contributed by atoms with Crippen LogP contribution >= 0.6 is 0 Å².